The molecule has 19 heavy (non-hydrogen) atoms. The number of benzene rings is 1. The number of carbonyl (C=O) groups excluding carboxylic acids is 1. The van der Waals surface area contributed by atoms with Crippen LogP contribution in [0.2, 0.25) is 0 Å². The minimum atomic E-state index is -3.83. The van der Waals surface area contributed by atoms with Gasteiger partial charge in [0.15, 0.2) is 0 Å². The van der Waals surface area contributed by atoms with Gasteiger partial charge in [-0.05, 0) is 30.5 Å². The summed E-state index contributed by atoms with van der Waals surface area (Å²) >= 11 is 0. The van der Waals surface area contributed by atoms with E-state index in [0.717, 1.165) is 0 Å². The summed E-state index contributed by atoms with van der Waals surface area (Å²) < 4.78 is 26.8. The van der Waals surface area contributed by atoms with Crippen molar-refractivity contribution in [3.05, 3.63) is 23.8 Å². The van der Waals surface area contributed by atoms with Gasteiger partial charge in [-0.2, -0.15) is 4.72 Å². The van der Waals surface area contributed by atoms with Crippen LogP contribution in [0.3, 0.4) is 0 Å². The molecule has 0 aliphatic rings. The van der Waals surface area contributed by atoms with E-state index < -0.39 is 22.0 Å². The lowest BCUT2D eigenvalue weighted by Gasteiger charge is -2.19. The van der Waals surface area contributed by atoms with Crippen LogP contribution < -0.4 is 16.2 Å². The van der Waals surface area contributed by atoms with E-state index in [2.05, 4.69) is 4.72 Å². The maximum absolute atomic E-state index is 12.3. The van der Waals surface area contributed by atoms with E-state index in [1.54, 1.807) is 32.9 Å². The van der Waals surface area contributed by atoms with Crippen molar-refractivity contribution in [3.63, 3.8) is 0 Å². The molecule has 0 spiro atoms. The predicted molar refractivity (Wildman–Crippen MR) is 73.7 cm³/mol. The Morgan fingerprint density at radius 1 is 1.32 bits per heavy atom. The fourth-order valence-electron chi connectivity index (χ4n) is 1.68. The lowest BCUT2D eigenvalue weighted by atomic mass is 10.1. The van der Waals surface area contributed by atoms with Crippen LogP contribution in [-0.2, 0) is 14.8 Å². The van der Waals surface area contributed by atoms with Gasteiger partial charge in [0.25, 0.3) is 0 Å². The number of nitrogen functional groups attached to an aromatic ring is 1. The lowest BCUT2D eigenvalue weighted by Crippen LogP contribution is -2.47. The number of rotatable bonds is 5. The first-order valence-corrected chi connectivity index (χ1v) is 7.32. The zero-order chi connectivity index (χ0) is 14.8. The molecule has 0 saturated heterocycles. The normalized spacial score (nSPS) is 13.5. The van der Waals surface area contributed by atoms with Gasteiger partial charge >= 0.3 is 0 Å². The Morgan fingerprint density at radius 2 is 1.89 bits per heavy atom. The highest BCUT2D eigenvalue weighted by Crippen LogP contribution is 2.21. The summed E-state index contributed by atoms with van der Waals surface area (Å²) in [6.45, 7) is 5.03. The molecule has 1 amide bonds. The molecular formula is C12H19N3O3S. The maximum Gasteiger partial charge on any atom is 0.241 e. The third-order valence-corrected chi connectivity index (χ3v) is 4.46. The van der Waals surface area contributed by atoms with Crippen molar-refractivity contribution in [1.29, 1.82) is 0 Å². The molecule has 0 aliphatic carbocycles. The van der Waals surface area contributed by atoms with E-state index in [-0.39, 0.29) is 10.8 Å². The highest BCUT2D eigenvalue weighted by Gasteiger charge is 2.27. The number of amides is 1. The second-order valence-corrected chi connectivity index (χ2v) is 6.40. The molecule has 6 nitrogen and oxygen atoms in total. The summed E-state index contributed by atoms with van der Waals surface area (Å²) in [6.07, 6.45) is 0. The summed E-state index contributed by atoms with van der Waals surface area (Å²) in [4.78, 5) is 11.3. The van der Waals surface area contributed by atoms with Crippen LogP contribution in [0.25, 0.3) is 0 Å². The molecule has 1 aromatic carbocycles. The van der Waals surface area contributed by atoms with Gasteiger partial charge < -0.3 is 11.5 Å². The van der Waals surface area contributed by atoms with Gasteiger partial charge in [-0.3, -0.25) is 4.79 Å². The van der Waals surface area contributed by atoms with Crippen LogP contribution >= 0.6 is 0 Å². The first kappa shape index (κ1) is 15.5. The van der Waals surface area contributed by atoms with Gasteiger partial charge in [0.1, 0.15) is 6.04 Å². The highest BCUT2D eigenvalue weighted by atomic mass is 32.2. The van der Waals surface area contributed by atoms with E-state index in [4.69, 9.17) is 11.5 Å². The fourth-order valence-corrected chi connectivity index (χ4v) is 3.30. The smallest absolute Gasteiger partial charge is 0.241 e. The number of primary amides is 1. The van der Waals surface area contributed by atoms with Crippen LogP contribution in [0.15, 0.2) is 23.1 Å². The topological polar surface area (TPSA) is 115 Å². The van der Waals surface area contributed by atoms with Crippen molar-refractivity contribution in [2.24, 2.45) is 11.7 Å². The van der Waals surface area contributed by atoms with Gasteiger partial charge in [-0.15, -0.1) is 0 Å². The zero-order valence-corrected chi connectivity index (χ0v) is 12.0. The molecule has 0 bridgehead atoms. The van der Waals surface area contributed by atoms with E-state index in [9.17, 15) is 13.2 Å². The molecule has 0 fully saturated rings. The number of hydrogen-bond acceptors (Lipinski definition) is 4. The summed E-state index contributed by atoms with van der Waals surface area (Å²) in [7, 11) is -3.83. The first-order chi connectivity index (χ1) is 8.66. The van der Waals surface area contributed by atoms with Gasteiger partial charge in [0.2, 0.25) is 15.9 Å². The Kier molecular flexibility index (Phi) is 4.54. The maximum atomic E-state index is 12.3. The van der Waals surface area contributed by atoms with Crippen molar-refractivity contribution in [2.45, 2.75) is 31.7 Å². The summed E-state index contributed by atoms with van der Waals surface area (Å²) in [5, 5.41) is 0. The molecule has 0 aromatic heterocycles. The zero-order valence-electron chi connectivity index (χ0n) is 11.2. The largest absolute Gasteiger partial charge is 0.398 e. The van der Waals surface area contributed by atoms with Crippen LogP contribution in [0.5, 0.6) is 0 Å². The van der Waals surface area contributed by atoms with Crippen LogP contribution in [0.4, 0.5) is 5.69 Å². The molecule has 0 heterocycles. The predicted octanol–water partition coefficient (Wildman–Crippen LogP) is 0.365. The molecule has 1 rings (SSSR count). The van der Waals surface area contributed by atoms with E-state index in [1.165, 1.54) is 6.07 Å². The summed E-state index contributed by atoms with van der Waals surface area (Å²) in [6, 6.07) is 3.64. The fraction of sp³-hybridized carbons (Fsp3) is 0.417. The quantitative estimate of drug-likeness (QED) is 0.678. The number of nitrogens with two attached hydrogens (primary N) is 2. The Balaban J connectivity index is 3.18. The minimum absolute atomic E-state index is 0.0550. The molecular weight excluding hydrogens is 266 g/mol. The van der Waals surface area contributed by atoms with E-state index >= 15 is 0 Å². The molecule has 0 saturated carbocycles. The van der Waals surface area contributed by atoms with Gasteiger partial charge in [-0.1, -0.05) is 19.9 Å². The monoisotopic (exact) mass is 285 g/mol. The van der Waals surface area contributed by atoms with Crippen molar-refractivity contribution in [3.8, 4) is 0 Å². The van der Waals surface area contributed by atoms with E-state index in [0.29, 0.717) is 11.3 Å². The molecule has 7 heteroatoms. The van der Waals surface area contributed by atoms with Crippen molar-refractivity contribution < 1.29 is 13.2 Å². The molecule has 1 aromatic rings. The SMILES string of the molecule is Cc1c(N)cccc1S(=O)(=O)NC(C(N)=O)C(C)C. The molecule has 1 atom stereocenters. The second-order valence-electron chi connectivity index (χ2n) is 4.72. The number of nitrogens with one attached hydrogen (secondary N) is 1. The standard InChI is InChI=1S/C12H19N3O3S/c1-7(2)11(12(14)16)15-19(17,18)10-6-4-5-9(13)8(10)3/h4-7,11,15H,13H2,1-3H3,(H2,14,16). The van der Waals surface area contributed by atoms with Crippen LogP contribution in [0.1, 0.15) is 19.4 Å². The van der Waals surface area contributed by atoms with Crippen LogP contribution in [0, 0.1) is 12.8 Å². The Bertz CT molecular complexity index is 582. The van der Waals surface area contributed by atoms with E-state index in [1.807, 2.05) is 0 Å². The van der Waals surface area contributed by atoms with Crippen molar-refractivity contribution in [2.75, 3.05) is 5.73 Å². The number of anilines is 1. The average Bonchev–Trinajstić information content (AvgIpc) is 2.28. The van der Waals surface area contributed by atoms with Gasteiger partial charge in [0.05, 0.1) is 4.90 Å². The molecule has 5 N–H and O–H groups in total. The van der Waals surface area contributed by atoms with Crippen LogP contribution in [-0.4, -0.2) is 20.4 Å². The highest BCUT2D eigenvalue weighted by molar-refractivity contribution is 7.89. The number of hydrogen-bond donors (Lipinski definition) is 3. The number of carbonyl (C=O) groups is 1. The van der Waals surface area contributed by atoms with Gasteiger partial charge in [-0.25, -0.2) is 8.42 Å². The van der Waals surface area contributed by atoms with Gasteiger partial charge in [0, 0.05) is 5.69 Å². The molecule has 0 aliphatic heterocycles. The Morgan fingerprint density at radius 3 is 2.37 bits per heavy atom. The summed E-state index contributed by atoms with van der Waals surface area (Å²) in [5.41, 5.74) is 11.7. The Labute approximate surface area is 113 Å². The lowest BCUT2D eigenvalue weighted by molar-refractivity contribution is -0.120. The Hall–Kier alpha value is -1.60. The third-order valence-electron chi connectivity index (χ3n) is 2.87. The average molecular weight is 285 g/mol. The van der Waals surface area contributed by atoms with Crippen molar-refractivity contribution in [1.82, 2.24) is 4.72 Å². The first-order valence-electron chi connectivity index (χ1n) is 5.83. The molecule has 0 radical (unpaired) electrons. The minimum Gasteiger partial charge on any atom is -0.398 e. The third kappa shape index (κ3) is 3.45. The second kappa shape index (κ2) is 5.58. The molecule has 1 unspecified atom stereocenters. The number of sulfonamides is 1. The summed E-state index contributed by atoms with van der Waals surface area (Å²) in [5.74, 6) is -0.950. The molecule has 106 valence electrons. The van der Waals surface area contributed by atoms with Crippen molar-refractivity contribution >= 4 is 21.6 Å².